The van der Waals surface area contributed by atoms with Gasteiger partial charge in [0.15, 0.2) is 11.0 Å². The summed E-state index contributed by atoms with van der Waals surface area (Å²) >= 11 is 1.10. The van der Waals surface area contributed by atoms with E-state index < -0.39 is 27.7 Å². The fourth-order valence-corrected chi connectivity index (χ4v) is 2.29. The van der Waals surface area contributed by atoms with Crippen molar-refractivity contribution in [2.75, 3.05) is 13.4 Å². The number of thioether (sulfide) groups is 1. The number of hydrogen-bond donors (Lipinski definition) is 1. The number of benzene rings is 1. The third-order valence-electron chi connectivity index (χ3n) is 2.90. The Kier molecular flexibility index (Phi) is 4.61. The van der Waals surface area contributed by atoms with Crippen LogP contribution in [-0.4, -0.2) is 28.3 Å². The van der Waals surface area contributed by atoms with Crippen LogP contribution in [0.5, 0.6) is 5.75 Å². The summed E-state index contributed by atoms with van der Waals surface area (Å²) in [6, 6.07) is 3.61. The number of nitro benzene ring substituents is 1. The number of nitrogens with zero attached hydrogens (tertiary/aromatic N) is 3. The van der Waals surface area contributed by atoms with Crippen molar-refractivity contribution in [1.29, 1.82) is 5.26 Å². The maximum Gasteiger partial charge on any atom is 0.314 e. The molecule has 0 aliphatic heterocycles. The molecule has 0 unspecified atom stereocenters. The Morgan fingerprint density at radius 3 is 2.74 bits per heavy atom. The summed E-state index contributed by atoms with van der Waals surface area (Å²) in [6.07, 6.45) is 1.64. The molecule has 0 fully saturated rings. The molecule has 0 radical (unpaired) electrons. The first-order valence-electron chi connectivity index (χ1n) is 6.03. The molecule has 0 amide bonds. The zero-order chi connectivity index (χ0) is 17.1. The lowest BCUT2D eigenvalue weighted by Crippen LogP contribution is -2.14. The molecular formula is C13H9FN4O4S. The average molecular weight is 336 g/mol. The van der Waals surface area contributed by atoms with Crippen LogP contribution in [0.1, 0.15) is 5.56 Å². The molecule has 0 atom stereocenters. The summed E-state index contributed by atoms with van der Waals surface area (Å²) in [5.41, 5.74) is -1.89. The van der Waals surface area contributed by atoms with E-state index in [2.05, 4.69) is 14.7 Å². The van der Waals surface area contributed by atoms with Gasteiger partial charge in [-0.3, -0.25) is 14.9 Å². The van der Waals surface area contributed by atoms with Crippen molar-refractivity contribution in [1.82, 2.24) is 9.97 Å². The van der Waals surface area contributed by atoms with Crippen LogP contribution in [0.4, 0.5) is 10.1 Å². The summed E-state index contributed by atoms with van der Waals surface area (Å²) in [5.74, 6) is -1.53. The van der Waals surface area contributed by atoms with Gasteiger partial charge in [0.05, 0.1) is 17.7 Å². The zero-order valence-corrected chi connectivity index (χ0v) is 12.7. The molecule has 118 valence electrons. The molecule has 0 saturated carbocycles. The molecule has 8 nitrogen and oxygen atoms in total. The fourth-order valence-electron chi connectivity index (χ4n) is 1.92. The van der Waals surface area contributed by atoms with Gasteiger partial charge < -0.3 is 9.72 Å². The Hall–Kier alpha value is -2.93. The summed E-state index contributed by atoms with van der Waals surface area (Å²) in [5, 5.41) is 20.4. The maximum atomic E-state index is 14.0. The number of aromatic amines is 1. The van der Waals surface area contributed by atoms with Crippen molar-refractivity contribution < 1.29 is 14.1 Å². The molecule has 1 heterocycles. The van der Waals surface area contributed by atoms with E-state index in [0.29, 0.717) is 0 Å². The number of nitriles is 1. The first-order valence-corrected chi connectivity index (χ1v) is 7.26. The van der Waals surface area contributed by atoms with Gasteiger partial charge in [0.25, 0.3) is 5.56 Å². The van der Waals surface area contributed by atoms with Crippen molar-refractivity contribution >= 4 is 17.4 Å². The number of nitro groups is 1. The summed E-state index contributed by atoms with van der Waals surface area (Å²) in [6.45, 7) is 0. The minimum Gasteiger partial charge on any atom is -0.488 e. The lowest BCUT2D eigenvalue weighted by atomic mass is 10.1. The molecule has 10 heteroatoms. The van der Waals surface area contributed by atoms with Gasteiger partial charge in [0, 0.05) is 11.6 Å². The molecule has 0 bridgehead atoms. The Morgan fingerprint density at radius 1 is 1.52 bits per heavy atom. The van der Waals surface area contributed by atoms with Crippen LogP contribution in [0.2, 0.25) is 0 Å². The number of rotatable bonds is 4. The van der Waals surface area contributed by atoms with Crippen LogP contribution < -0.4 is 10.3 Å². The molecule has 2 rings (SSSR count). The molecule has 0 spiro atoms. The van der Waals surface area contributed by atoms with E-state index in [1.54, 1.807) is 12.3 Å². The highest BCUT2D eigenvalue weighted by atomic mass is 32.2. The first kappa shape index (κ1) is 16.4. The number of methoxy groups -OCH3 is 1. The molecule has 0 saturated heterocycles. The molecule has 1 aromatic heterocycles. The highest BCUT2D eigenvalue weighted by Gasteiger charge is 2.24. The van der Waals surface area contributed by atoms with Gasteiger partial charge in [-0.2, -0.15) is 5.26 Å². The van der Waals surface area contributed by atoms with E-state index in [-0.39, 0.29) is 22.0 Å². The maximum absolute atomic E-state index is 14.0. The summed E-state index contributed by atoms with van der Waals surface area (Å²) in [4.78, 5) is 28.5. The van der Waals surface area contributed by atoms with E-state index in [4.69, 9.17) is 5.26 Å². The molecular weight excluding hydrogens is 327 g/mol. The standard InChI is InChI=1S/C13H9FN4O4S/c1-22-11-8(14)3-6(4-9(11)18(20)21)10-7(5-15)12(19)17-13(16-10)23-2/h3-4H,1-2H3,(H,16,17,19). The Morgan fingerprint density at radius 2 is 2.22 bits per heavy atom. The Labute approximate surface area is 133 Å². The topological polar surface area (TPSA) is 122 Å². The zero-order valence-electron chi connectivity index (χ0n) is 11.9. The normalized spacial score (nSPS) is 10.2. The summed E-state index contributed by atoms with van der Waals surface area (Å²) < 4.78 is 18.7. The molecule has 23 heavy (non-hydrogen) atoms. The highest BCUT2D eigenvalue weighted by Crippen LogP contribution is 2.35. The van der Waals surface area contributed by atoms with Gasteiger partial charge in [-0.15, -0.1) is 0 Å². The Balaban J connectivity index is 2.82. The van der Waals surface area contributed by atoms with Crippen molar-refractivity contribution in [3.05, 3.63) is 44.0 Å². The first-order chi connectivity index (χ1) is 10.9. The van der Waals surface area contributed by atoms with Crippen LogP contribution >= 0.6 is 11.8 Å². The Bertz CT molecular complexity index is 891. The van der Waals surface area contributed by atoms with E-state index in [1.807, 2.05) is 0 Å². The predicted molar refractivity (Wildman–Crippen MR) is 80.0 cm³/mol. The van der Waals surface area contributed by atoms with Crippen molar-refractivity contribution in [3.63, 3.8) is 0 Å². The summed E-state index contributed by atoms with van der Waals surface area (Å²) in [7, 11) is 1.10. The average Bonchev–Trinajstić information content (AvgIpc) is 2.52. The molecule has 0 aliphatic rings. The minimum absolute atomic E-state index is 0.0621. The quantitative estimate of drug-likeness (QED) is 0.392. The smallest absolute Gasteiger partial charge is 0.314 e. The lowest BCUT2D eigenvalue weighted by molar-refractivity contribution is -0.385. The molecule has 1 aromatic carbocycles. The number of nitrogens with one attached hydrogen (secondary N) is 1. The van der Waals surface area contributed by atoms with E-state index in [1.165, 1.54) is 0 Å². The van der Waals surface area contributed by atoms with E-state index >= 15 is 0 Å². The third kappa shape index (κ3) is 3.00. The van der Waals surface area contributed by atoms with Crippen molar-refractivity contribution in [3.8, 4) is 23.1 Å². The highest BCUT2D eigenvalue weighted by molar-refractivity contribution is 7.98. The number of H-pyrrole nitrogens is 1. The van der Waals surface area contributed by atoms with Crippen molar-refractivity contribution in [2.24, 2.45) is 0 Å². The fraction of sp³-hybridized carbons (Fsp3) is 0.154. The second-order valence-electron chi connectivity index (χ2n) is 4.18. The monoisotopic (exact) mass is 336 g/mol. The number of ether oxygens (including phenoxy) is 1. The van der Waals surface area contributed by atoms with Crippen LogP contribution in [0, 0.1) is 27.3 Å². The molecule has 1 N–H and O–H groups in total. The largest absolute Gasteiger partial charge is 0.488 e. The van der Waals surface area contributed by atoms with Gasteiger partial charge in [-0.25, -0.2) is 9.37 Å². The van der Waals surface area contributed by atoms with Gasteiger partial charge in [-0.1, -0.05) is 11.8 Å². The van der Waals surface area contributed by atoms with Crippen molar-refractivity contribution in [2.45, 2.75) is 5.16 Å². The lowest BCUT2D eigenvalue weighted by Gasteiger charge is -2.08. The second-order valence-corrected chi connectivity index (χ2v) is 4.97. The van der Waals surface area contributed by atoms with Gasteiger partial charge in [-0.05, 0) is 12.3 Å². The third-order valence-corrected chi connectivity index (χ3v) is 3.48. The van der Waals surface area contributed by atoms with Gasteiger partial charge in [0.2, 0.25) is 5.75 Å². The van der Waals surface area contributed by atoms with Crippen LogP contribution in [-0.2, 0) is 0 Å². The number of aromatic nitrogens is 2. The number of halogens is 1. The second kappa shape index (κ2) is 6.45. The molecule has 0 aliphatic carbocycles. The minimum atomic E-state index is -0.992. The SMILES string of the molecule is COc1c(F)cc(-c2nc(SC)[nH]c(=O)c2C#N)cc1[N+](=O)[O-]. The van der Waals surface area contributed by atoms with Crippen LogP contribution in [0.15, 0.2) is 22.1 Å². The van der Waals surface area contributed by atoms with E-state index in [9.17, 15) is 19.3 Å². The van der Waals surface area contributed by atoms with E-state index in [0.717, 1.165) is 31.0 Å². The van der Waals surface area contributed by atoms with Gasteiger partial charge >= 0.3 is 5.69 Å². The molecule has 2 aromatic rings. The predicted octanol–water partition coefficient (Wildman–Crippen LogP) is 2.09. The van der Waals surface area contributed by atoms with Crippen LogP contribution in [0.3, 0.4) is 0 Å². The van der Waals surface area contributed by atoms with Crippen LogP contribution in [0.25, 0.3) is 11.3 Å². The number of hydrogen-bond acceptors (Lipinski definition) is 7. The van der Waals surface area contributed by atoms with Gasteiger partial charge in [0.1, 0.15) is 11.6 Å².